The zero-order chi connectivity index (χ0) is 29.5. The SMILES string of the molecule is C1=Cc2c(nc(-n3c4ccccc4c4ccc5c(c43)SC3c4ccccc4N(c4ccccc4)C53)nc2-c2ccccc2)CC1. The molecule has 4 nitrogen and oxygen atoms in total. The Kier molecular flexibility index (Phi) is 5.43. The fourth-order valence-corrected chi connectivity index (χ4v) is 9.28. The smallest absolute Gasteiger partial charge is 0.235 e. The number of benzene rings is 5. The number of aromatic nitrogens is 3. The third kappa shape index (κ3) is 3.62. The first-order chi connectivity index (χ1) is 22.3. The van der Waals surface area contributed by atoms with Crippen LogP contribution in [0.2, 0.25) is 0 Å². The number of fused-ring (bicyclic) bond motifs is 10. The molecule has 0 bridgehead atoms. The lowest BCUT2D eigenvalue weighted by Gasteiger charge is -2.27. The molecule has 214 valence electrons. The van der Waals surface area contributed by atoms with Crippen molar-refractivity contribution in [1.29, 1.82) is 0 Å². The molecule has 0 fully saturated rings. The number of anilines is 2. The largest absolute Gasteiger partial charge is 0.332 e. The van der Waals surface area contributed by atoms with Gasteiger partial charge in [0.25, 0.3) is 0 Å². The summed E-state index contributed by atoms with van der Waals surface area (Å²) in [5, 5.41) is 2.78. The molecule has 0 spiro atoms. The van der Waals surface area contributed by atoms with E-state index in [0.29, 0.717) is 5.25 Å². The summed E-state index contributed by atoms with van der Waals surface area (Å²) in [5.41, 5.74) is 12.0. The first-order valence-electron chi connectivity index (χ1n) is 15.6. The van der Waals surface area contributed by atoms with Crippen LogP contribution >= 0.6 is 11.8 Å². The number of nitrogens with zero attached hydrogens (tertiary/aromatic N) is 4. The molecule has 0 N–H and O–H groups in total. The minimum absolute atomic E-state index is 0.204. The number of thioether (sulfide) groups is 1. The minimum Gasteiger partial charge on any atom is -0.332 e. The second-order valence-corrected chi connectivity index (χ2v) is 13.2. The van der Waals surface area contributed by atoms with Gasteiger partial charge in [0.1, 0.15) is 0 Å². The fraction of sp³-hybridized carbons (Fsp3) is 0.100. The highest BCUT2D eigenvalue weighted by molar-refractivity contribution is 8.00. The molecule has 5 aromatic carbocycles. The molecule has 0 saturated heterocycles. The Morgan fingerprint density at radius 3 is 2.36 bits per heavy atom. The van der Waals surface area contributed by atoms with Crippen LogP contribution in [-0.4, -0.2) is 14.5 Å². The summed E-state index contributed by atoms with van der Waals surface area (Å²) in [4.78, 5) is 14.6. The van der Waals surface area contributed by atoms with Crippen LogP contribution in [0.1, 0.15) is 40.1 Å². The average molecular weight is 597 g/mol. The van der Waals surface area contributed by atoms with Gasteiger partial charge in [0.05, 0.1) is 33.7 Å². The number of hydrogen-bond acceptors (Lipinski definition) is 4. The zero-order valence-electron chi connectivity index (χ0n) is 24.5. The standard InChI is InChI=1S/C40H28N4S/c1-3-13-25(14-4-1)35-29-18-7-10-20-32(29)41-40(42-35)44-33-21-11-8-17-27(33)28-23-24-31-37-38(45-39(31)36(28)44)30-19-9-12-22-34(30)43(37)26-15-5-2-6-16-26/h1-9,11-19,21-24,37-38H,10,20H2. The van der Waals surface area contributed by atoms with E-state index in [9.17, 15) is 0 Å². The van der Waals surface area contributed by atoms with Crippen molar-refractivity contribution in [3.8, 4) is 17.2 Å². The van der Waals surface area contributed by atoms with Crippen LogP contribution in [0.25, 0.3) is 45.1 Å². The highest BCUT2D eigenvalue weighted by atomic mass is 32.2. The van der Waals surface area contributed by atoms with Gasteiger partial charge in [0.15, 0.2) is 0 Å². The lowest BCUT2D eigenvalue weighted by molar-refractivity contribution is 0.737. The van der Waals surface area contributed by atoms with Gasteiger partial charge in [-0.25, -0.2) is 9.97 Å². The van der Waals surface area contributed by atoms with Crippen molar-refractivity contribution in [3.63, 3.8) is 0 Å². The van der Waals surface area contributed by atoms with E-state index in [1.165, 1.54) is 43.7 Å². The van der Waals surface area contributed by atoms with Gasteiger partial charge in [-0.3, -0.25) is 4.57 Å². The molecule has 5 heteroatoms. The molecule has 10 rings (SSSR count). The topological polar surface area (TPSA) is 34.0 Å². The molecule has 2 unspecified atom stereocenters. The van der Waals surface area contributed by atoms with Crippen molar-refractivity contribution in [2.45, 2.75) is 29.0 Å². The summed E-state index contributed by atoms with van der Waals surface area (Å²) in [6, 6.07) is 44.0. The summed E-state index contributed by atoms with van der Waals surface area (Å²) in [6.07, 6.45) is 6.37. The van der Waals surface area contributed by atoms with E-state index in [1.54, 1.807) is 0 Å². The van der Waals surface area contributed by atoms with E-state index in [2.05, 4.69) is 143 Å². The number of para-hydroxylation sites is 3. The van der Waals surface area contributed by atoms with E-state index in [0.717, 1.165) is 46.8 Å². The van der Waals surface area contributed by atoms with Gasteiger partial charge >= 0.3 is 0 Å². The van der Waals surface area contributed by atoms with Crippen LogP contribution < -0.4 is 4.90 Å². The Balaban J connectivity index is 1.26. The van der Waals surface area contributed by atoms with E-state index >= 15 is 0 Å². The van der Waals surface area contributed by atoms with Crippen LogP contribution in [-0.2, 0) is 6.42 Å². The van der Waals surface area contributed by atoms with Crippen LogP contribution in [0.5, 0.6) is 0 Å². The van der Waals surface area contributed by atoms with E-state index in [1.807, 2.05) is 11.8 Å². The van der Waals surface area contributed by atoms with Gasteiger partial charge in [0, 0.05) is 38.2 Å². The van der Waals surface area contributed by atoms with Gasteiger partial charge in [-0.1, -0.05) is 109 Å². The maximum atomic E-state index is 5.38. The third-order valence-corrected chi connectivity index (χ3v) is 11.0. The number of allylic oxidation sites excluding steroid dienone is 1. The Labute approximate surface area is 265 Å². The highest BCUT2D eigenvalue weighted by Crippen LogP contribution is 2.65. The molecule has 3 aliphatic rings. The van der Waals surface area contributed by atoms with Gasteiger partial charge in [-0.05, 0) is 48.2 Å². The van der Waals surface area contributed by atoms with Crippen LogP contribution in [0.4, 0.5) is 11.4 Å². The second kappa shape index (κ2) is 9.68. The molecule has 0 amide bonds. The molecule has 0 radical (unpaired) electrons. The molecule has 2 aromatic heterocycles. The maximum absolute atomic E-state index is 5.38. The van der Waals surface area contributed by atoms with Crippen molar-refractivity contribution in [1.82, 2.24) is 14.5 Å². The summed E-state index contributed by atoms with van der Waals surface area (Å²) >= 11 is 2.00. The average Bonchev–Trinajstić information content (AvgIpc) is 3.76. The Bertz CT molecular complexity index is 2320. The third-order valence-electron chi connectivity index (χ3n) is 9.58. The second-order valence-electron chi connectivity index (χ2n) is 12.0. The van der Waals surface area contributed by atoms with E-state index in [-0.39, 0.29) is 6.04 Å². The predicted molar refractivity (Wildman–Crippen MR) is 186 cm³/mol. The molecule has 45 heavy (non-hydrogen) atoms. The quantitative estimate of drug-likeness (QED) is 0.203. The summed E-state index contributed by atoms with van der Waals surface area (Å²) < 4.78 is 2.35. The van der Waals surface area contributed by atoms with Crippen LogP contribution in [0.3, 0.4) is 0 Å². The molecule has 2 atom stereocenters. The summed E-state index contributed by atoms with van der Waals surface area (Å²) in [6.45, 7) is 0. The van der Waals surface area contributed by atoms with Crippen molar-refractivity contribution < 1.29 is 0 Å². The highest BCUT2D eigenvalue weighted by Gasteiger charge is 2.47. The lowest BCUT2D eigenvalue weighted by atomic mass is 9.98. The molecule has 4 heterocycles. The minimum atomic E-state index is 0.204. The summed E-state index contributed by atoms with van der Waals surface area (Å²) in [5.74, 6) is 0.750. The van der Waals surface area contributed by atoms with Crippen molar-refractivity contribution in [2.75, 3.05) is 4.90 Å². The van der Waals surface area contributed by atoms with Gasteiger partial charge in [0.2, 0.25) is 5.95 Å². The van der Waals surface area contributed by atoms with Crippen LogP contribution in [0, 0.1) is 0 Å². The van der Waals surface area contributed by atoms with Crippen molar-refractivity contribution >= 4 is 51.0 Å². The number of aryl methyl sites for hydroxylation is 1. The molecule has 7 aromatic rings. The zero-order valence-corrected chi connectivity index (χ0v) is 25.3. The van der Waals surface area contributed by atoms with Crippen molar-refractivity contribution in [3.05, 3.63) is 150 Å². The van der Waals surface area contributed by atoms with Gasteiger partial charge in [-0.15, -0.1) is 11.8 Å². The van der Waals surface area contributed by atoms with Crippen molar-refractivity contribution in [2.24, 2.45) is 0 Å². The summed E-state index contributed by atoms with van der Waals surface area (Å²) in [7, 11) is 0. The Morgan fingerprint density at radius 1 is 0.689 bits per heavy atom. The maximum Gasteiger partial charge on any atom is 0.235 e. The molecule has 1 aliphatic carbocycles. The predicted octanol–water partition coefficient (Wildman–Crippen LogP) is 10.2. The molecule has 0 saturated carbocycles. The Morgan fingerprint density at radius 2 is 1.47 bits per heavy atom. The first-order valence-corrected chi connectivity index (χ1v) is 16.5. The molecular weight excluding hydrogens is 569 g/mol. The molecule has 2 aliphatic heterocycles. The normalized spacial score (nSPS) is 17.8. The van der Waals surface area contributed by atoms with Gasteiger partial charge in [-0.2, -0.15) is 0 Å². The van der Waals surface area contributed by atoms with Crippen LogP contribution in [0.15, 0.2) is 132 Å². The molecular formula is C40H28N4S. The fourth-order valence-electron chi connectivity index (χ4n) is 7.66. The number of hydrogen-bond donors (Lipinski definition) is 0. The van der Waals surface area contributed by atoms with E-state index in [4.69, 9.17) is 9.97 Å². The van der Waals surface area contributed by atoms with Gasteiger partial charge < -0.3 is 4.90 Å². The first kappa shape index (κ1) is 25.2. The Hall–Kier alpha value is -5.13. The number of rotatable bonds is 3. The lowest BCUT2D eigenvalue weighted by Crippen LogP contribution is -2.19. The monoisotopic (exact) mass is 596 g/mol. The van der Waals surface area contributed by atoms with E-state index < -0.39 is 0 Å².